The number of hydrogen-bond donors (Lipinski definition) is 2. The summed E-state index contributed by atoms with van der Waals surface area (Å²) in [6, 6.07) is 8.39. The molecule has 0 radical (unpaired) electrons. The quantitative estimate of drug-likeness (QED) is 0.589. The summed E-state index contributed by atoms with van der Waals surface area (Å²) in [4.78, 5) is 6.93. The number of piperidine rings is 1. The van der Waals surface area contributed by atoms with Gasteiger partial charge in [0.15, 0.2) is 5.96 Å². The number of guanidine groups is 1. The van der Waals surface area contributed by atoms with Crippen molar-refractivity contribution in [2.24, 2.45) is 4.99 Å². The van der Waals surface area contributed by atoms with E-state index in [2.05, 4.69) is 38.7 Å². The van der Waals surface area contributed by atoms with Gasteiger partial charge in [-0.25, -0.2) is 0 Å². The molecular formula is C20H32N4O. The van der Waals surface area contributed by atoms with Crippen LogP contribution >= 0.6 is 0 Å². The Balaban J connectivity index is 1.47. The van der Waals surface area contributed by atoms with Gasteiger partial charge in [-0.1, -0.05) is 24.6 Å². The van der Waals surface area contributed by atoms with Gasteiger partial charge in [0.1, 0.15) is 5.75 Å². The summed E-state index contributed by atoms with van der Waals surface area (Å²) in [5.74, 6) is 1.90. The zero-order valence-corrected chi connectivity index (χ0v) is 15.7. The second kappa shape index (κ2) is 8.56. The molecule has 138 valence electrons. The molecule has 3 rings (SSSR count). The van der Waals surface area contributed by atoms with Crippen LogP contribution in [0.1, 0.15) is 37.7 Å². The van der Waals surface area contributed by atoms with Crippen LogP contribution in [0.2, 0.25) is 0 Å². The number of ether oxygens (including phenoxy) is 1. The van der Waals surface area contributed by atoms with E-state index in [0.29, 0.717) is 0 Å². The normalized spacial score (nSPS) is 20.2. The molecule has 2 N–H and O–H groups in total. The molecule has 2 fully saturated rings. The van der Waals surface area contributed by atoms with E-state index in [-0.39, 0.29) is 5.41 Å². The van der Waals surface area contributed by atoms with Crippen LogP contribution < -0.4 is 15.4 Å². The van der Waals surface area contributed by atoms with Gasteiger partial charge in [0.2, 0.25) is 0 Å². The standard InChI is InChI=1S/C20H32N4O/c1-21-19(22-12-15-24-13-6-3-7-14-24)23-16-20(10-11-20)17-8-4-5-9-18(17)25-2/h4-5,8-9H,3,6-7,10-16H2,1-2H3,(H2,21,22,23). The van der Waals surface area contributed by atoms with E-state index in [0.717, 1.165) is 31.3 Å². The first-order valence-corrected chi connectivity index (χ1v) is 9.58. The molecular weight excluding hydrogens is 312 g/mol. The van der Waals surface area contributed by atoms with Gasteiger partial charge in [0.25, 0.3) is 0 Å². The summed E-state index contributed by atoms with van der Waals surface area (Å²) in [6.45, 7) is 5.42. The topological polar surface area (TPSA) is 48.9 Å². The Kier molecular flexibility index (Phi) is 6.19. The van der Waals surface area contributed by atoms with Gasteiger partial charge in [-0.3, -0.25) is 4.99 Å². The molecule has 0 bridgehead atoms. The van der Waals surface area contributed by atoms with Crippen molar-refractivity contribution in [3.63, 3.8) is 0 Å². The zero-order chi connectivity index (χ0) is 17.5. The van der Waals surface area contributed by atoms with Gasteiger partial charge in [-0.05, 0) is 44.8 Å². The largest absolute Gasteiger partial charge is 0.496 e. The number of methoxy groups -OCH3 is 1. The third-order valence-corrected chi connectivity index (χ3v) is 5.52. The predicted molar refractivity (Wildman–Crippen MR) is 104 cm³/mol. The summed E-state index contributed by atoms with van der Waals surface area (Å²) in [5, 5.41) is 6.99. The highest BCUT2D eigenvalue weighted by Crippen LogP contribution is 2.50. The van der Waals surface area contributed by atoms with Crippen LogP contribution in [0.5, 0.6) is 5.75 Å². The van der Waals surface area contributed by atoms with Gasteiger partial charge >= 0.3 is 0 Å². The average Bonchev–Trinajstić information content (AvgIpc) is 3.46. The van der Waals surface area contributed by atoms with Crippen molar-refractivity contribution in [1.82, 2.24) is 15.5 Å². The summed E-state index contributed by atoms with van der Waals surface area (Å²) in [7, 11) is 3.60. The molecule has 5 nitrogen and oxygen atoms in total. The number of aliphatic imine (C=N–C) groups is 1. The molecule has 25 heavy (non-hydrogen) atoms. The number of likely N-dealkylation sites (tertiary alicyclic amines) is 1. The van der Waals surface area contributed by atoms with E-state index in [1.165, 1.54) is 50.8 Å². The summed E-state index contributed by atoms with van der Waals surface area (Å²) >= 11 is 0. The van der Waals surface area contributed by atoms with Crippen molar-refractivity contribution in [1.29, 1.82) is 0 Å². The van der Waals surface area contributed by atoms with Crippen LogP contribution in [0.15, 0.2) is 29.3 Å². The first-order valence-electron chi connectivity index (χ1n) is 9.58. The SMILES string of the molecule is CN=C(NCCN1CCCCC1)NCC1(c2ccccc2OC)CC1. The molecule has 5 heteroatoms. The number of benzene rings is 1. The molecule has 1 aromatic carbocycles. The Morgan fingerprint density at radius 2 is 1.92 bits per heavy atom. The van der Waals surface area contributed by atoms with Crippen LogP contribution in [-0.4, -0.2) is 57.7 Å². The van der Waals surface area contributed by atoms with Crippen molar-refractivity contribution >= 4 is 5.96 Å². The monoisotopic (exact) mass is 344 g/mol. The molecule has 1 saturated carbocycles. The lowest BCUT2D eigenvalue weighted by molar-refractivity contribution is 0.232. The molecule has 1 heterocycles. The van der Waals surface area contributed by atoms with Crippen molar-refractivity contribution in [2.45, 2.75) is 37.5 Å². The maximum Gasteiger partial charge on any atom is 0.191 e. The van der Waals surface area contributed by atoms with E-state index in [4.69, 9.17) is 4.74 Å². The van der Waals surface area contributed by atoms with Gasteiger partial charge in [0.05, 0.1) is 7.11 Å². The Morgan fingerprint density at radius 1 is 1.16 bits per heavy atom. The van der Waals surface area contributed by atoms with Crippen LogP contribution in [0.3, 0.4) is 0 Å². The van der Waals surface area contributed by atoms with E-state index in [1.54, 1.807) is 7.11 Å². The molecule has 0 atom stereocenters. The highest BCUT2D eigenvalue weighted by molar-refractivity contribution is 5.79. The fourth-order valence-corrected chi connectivity index (χ4v) is 3.76. The Bertz CT molecular complexity index is 577. The maximum atomic E-state index is 5.56. The second-order valence-corrected chi connectivity index (χ2v) is 7.24. The van der Waals surface area contributed by atoms with Crippen LogP contribution in [-0.2, 0) is 5.41 Å². The van der Waals surface area contributed by atoms with Crippen molar-refractivity contribution < 1.29 is 4.74 Å². The van der Waals surface area contributed by atoms with E-state index < -0.39 is 0 Å². The molecule has 1 saturated heterocycles. The van der Waals surface area contributed by atoms with Gasteiger partial charge in [0, 0.05) is 37.7 Å². The summed E-state index contributed by atoms with van der Waals surface area (Å²) in [6.07, 6.45) is 6.47. The number of para-hydroxylation sites is 1. The van der Waals surface area contributed by atoms with Gasteiger partial charge in [-0.2, -0.15) is 0 Å². The highest BCUT2D eigenvalue weighted by atomic mass is 16.5. The minimum Gasteiger partial charge on any atom is -0.496 e. The Labute approximate surface area is 151 Å². The maximum absolute atomic E-state index is 5.56. The smallest absolute Gasteiger partial charge is 0.191 e. The molecule has 0 unspecified atom stereocenters. The number of nitrogens with zero attached hydrogens (tertiary/aromatic N) is 2. The van der Waals surface area contributed by atoms with Gasteiger partial charge in [-0.15, -0.1) is 0 Å². The summed E-state index contributed by atoms with van der Waals surface area (Å²) in [5.41, 5.74) is 1.51. The lowest BCUT2D eigenvalue weighted by Crippen LogP contribution is -2.44. The molecule has 0 aromatic heterocycles. The first kappa shape index (κ1) is 18.1. The van der Waals surface area contributed by atoms with Crippen molar-refractivity contribution in [3.8, 4) is 5.75 Å². The average molecular weight is 345 g/mol. The fraction of sp³-hybridized carbons (Fsp3) is 0.650. The Hall–Kier alpha value is -1.75. The lowest BCUT2D eigenvalue weighted by Gasteiger charge is -2.27. The molecule has 2 aliphatic rings. The summed E-state index contributed by atoms with van der Waals surface area (Å²) < 4.78 is 5.56. The van der Waals surface area contributed by atoms with Crippen LogP contribution in [0.25, 0.3) is 0 Å². The van der Waals surface area contributed by atoms with Crippen molar-refractivity contribution in [3.05, 3.63) is 29.8 Å². The van der Waals surface area contributed by atoms with E-state index in [9.17, 15) is 0 Å². The zero-order valence-electron chi connectivity index (χ0n) is 15.7. The van der Waals surface area contributed by atoms with Gasteiger partial charge < -0.3 is 20.3 Å². The van der Waals surface area contributed by atoms with E-state index in [1.807, 2.05) is 13.1 Å². The van der Waals surface area contributed by atoms with Crippen LogP contribution in [0.4, 0.5) is 0 Å². The minimum atomic E-state index is 0.192. The Morgan fingerprint density at radius 3 is 2.60 bits per heavy atom. The third kappa shape index (κ3) is 4.66. The van der Waals surface area contributed by atoms with Crippen molar-refractivity contribution in [2.75, 3.05) is 46.9 Å². The van der Waals surface area contributed by atoms with Crippen LogP contribution in [0, 0.1) is 0 Å². The first-order chi connectivity index (χ1) is 12.3. The molecule has 0 amide bonds. The minimum absolute atomic E-state index is 0.192. The number of rotatable bonds is 7. The molecule has 0 spiro atoms. The molecule has 1 aliphatic heterocycles. The lowest BCUT2D eigenvalue weighted by atomic mass is 9.95. The highest BCUT2D eigenvalue weighted by Gasteiger charge is 2.46. The fourth-order valence-electron chi connectivity index (χ4n) is 3.76. The second-order valence-electron chi connectivity index (χ2n) is 7.24. The third-order valence-electron chi connectivity index (χ3n) is 5.52. The predicted octanol–water partition coefficient (Wildman–Crippen LogP) is 2.38. The number of hydrogen-bond acceptors (Lipinski definition) is 3. The molecule has 1 aliphatic carbocycles. The number of nitrogens with one attached hydrogen (secondary N) is 2. The van der Waals surface area contributed by atoms with E-state index >= 15 is 0 Å². The molecule has 1 aromatic rings.